The van der Waals surface area contributed by atoms with Gasteiger partial charge in [-0.05, 0) is 36.4 Å². The quantitative estimate of drug-likeness (QED) is 0.635. The molecule has 2 atom stereocenters. The van der Waals surface area contributed by atoms with E-state index in [0.717, 1.165) is 11.0 Å². The standard InChI is InChI=1S/C19H17F3N6O3/c1-2-28-25-18(24-26-28)14-6-3-10(8-23-14)12-5-4-11(7-13(12)20)27-9-15(31-19(27)30)16(29)17(21)22/h3-8,15-17,29H,2,9H2,1H3/t15-,16?/m0/s1. The van der Waals surface area contributed by atoms with E-state index in [1.165, 1.54) is 23.1 Å². The van der Waals surface area contributed by atoms with Gasteiger partial charge in [0.25, 0.3) is 6.43 Å². The van der Waals surface area contributed by atoms with Gasteiger partial charge in [-0.15, -0.1) is 10.2 Å². The molecule has 0 spiro atoms. The average molecular weight is 434 g/mol. The van der Waals surface area contributed by atoms with Crippen molar-refractivity contribution in [3.63, 3.8) is 0 Å². The van der Waals surface area contributed by atoms with E-state index in [-0.39, 0.29) is 17.8 Å². The highest BCUT2D eigenvalue weighted by atomic mass is 19.3. The van der Waals surface area contributed by atoms with Gasteiger partial charge in [0, 0.05) is 17.3 Å². The molecule has 1 aliphatic rings. The van der Waals surface area contributed by atoms with Crippen LogP contribution in [0.3, 0.4) is 0 Å². The lowest BCUT2D eigenvalue weighted by Crippen LogP contribution is -2.36. The van der Waals surface area contributed by atoms with Gasteiger partial charge in [0.2, 0.25) is 5.82 Å². The first-order chi connectivity index (χ1) is 14.9. The number of aryl methyl sites for hydroxylation is 1. The summed E-state index contributed by atoms with van der Waals surface area (Å²) in [4.78, 5) is 18.6. The molecule has 0 bridgehead atoms. The molecular weight excluding hydrogens is 417 g/mol. The number of carbonyl (C=O) groups excluding carboxylic acids is 1. The SMILES string of the molecule is CCn1nnc(-c2ccc(-c3ccc(N4C[C@@H](C(O)C(F)F)OC4=O)cc3F)cn2)n1. The molecule has 1 fully saturated rings. The third kappa shape index (κ3) is 4.06. The minimum atomic E-state index is -3.06. The number of pyridine rings is 1. The number of halogens is 3. The number of tetrazole rings is 1. The number of cyclic esters (lactones) is 1. The Morgan fingerprint density at radius 2 is 2.10 bits per heavy atom. The van der Waals surface area contributed by atoms with Crippen molar-refractivity contribution >= 4 is 11.8 Å². The van der Waals surface area contributed by atoms with Crippen LogP contribution in [0, 0.1) is 5.82 Å². The van der Waals surface area contributed by atoms with Crippen LogP contribution in [0.25, 0.3) is 22.6 Å². The van der Waals surface area contributed by atoms with Crippen LogP contribution in [-0.4, -0.2) is 61.6 Å². The minimum absolute atomic E-state index is 0.125. The fraction of sp³-hybridized carbons (Fsp3) is 0.316. The number of ether oxygens (including phenoxy) is 1. The van der Waals surface area contributed by atoms with Gasteiger partial charge in [-0.25, -0.2) is 18.0 Å². The van der Waals surface area contributed by atoms with Gasteiger partial charge in [0.1, 0.15) is 11.5 Å². The first-order valence-corrected chi connectivity index (χ1v) is 9.36. The maximum absolute atomic E-state index is 14.8. The molecule has 1 aromatic carbocycles. The summed E-state index contributed by atoms with van der Waals surface area (Å²) >= 11 is 0. The summed E-state index contributed by atoms with van der Waals surface area (Å²) in [5.74, 6) is -0.301. The molecular formula is C19H17F3N6O3. The number of nitrogens with zero attached hydrogens (tertiary/aromatic N) is 6. The molecule has 1 unspecified atom stereocenters. The normalized spacial score (nSPS) is 17.3. The van der Waals surface area contributed by atoms with Crippen LogP contribution < -0.4 is 4.90 Å². The van der Waals surface area contributed by atoms with Crippen molar-refractivity contribution < 1.29 is 27.8 Å². The van der Waals surface area contributed by atoms with E-state index in [0.29, 0.717) is 23.6 Å². The van der Waals surface area contributed by atoms with Crippen molar-refractivity contribution in [2.24, 2.45) is 0 Å². The molecule has 1 N–H and O–H groups in total. The summed E-state index contributed by atoms with van der Waals surface area (Å²) in [6, 6.07) is 7.27. The van der Waals surface area contributed by atoms with E-state index in [4.69, 9.17) is 4.74 Å². The first-order valence-electron chi connectivity index (χ1n) is 9.36. The van der Waals surface area contributed by atoms with Crippen molar-refractivity contribution in [2.45, 2.75) is 32.1 Å². The smallest absolute Gasteiger partial charge is 0.414 e. The molecule has 0 radical (unpaired) electrons. The molecule has 12 heteroatoms. The number of carbonyl (C=O) groups is 1. The van der Waals surface area contributed by atoms with E-state index in [1.54, 1.807) is 12.1 Å². The summed E-state index contributed by atoms with van der Waals surface area (Å²) in [5, 5.41) is 21.3. The maximum Gasteiger partial charge on any atom is 0.414 e. The Bertz CT molecular complexity index is 1090. The molecule has 162 valence electrons. The second kappa shape index (κ2) is 8.30. The third-order valence-electron chi connectivity index (χ3n) is 4.78. The highest BCUT2D eigenvalue weighted by Crippen LogP contribution is 2.30. The Labute approximate surface area is 174 Å². The number of hydrogen-bond acceptors (Lipinski definition) is 7. The van der Waals surface area contributed by atoms with Gasteiger partial charge in [-0.2, -0.15) is 4.80 Å². The topological polar surface area (TPSA) is 106 Å². The zero-order valence-corrected chi connectivity index (χ0v) is 16.2. The summed E-state index contributed by atoms with van der Waals surface area (Å²) in [7, 11) is 0. The summed E-state index contributed by atoms with van der Waals surface area (Å²) in [6.45, 7) is 2.12. The zero-order valence-electron chi connectivity index (χ0n) is 16.2. The minimum Gasteiger partial charge on any atom is -0.441 e. The predicted octanol–water partition coefficient (Wildman–Crippen LogP) is 2.51. The predicted molar refractivity (Wildman–Crippen MR) is 102 cm³/mol. The lowest BCUT2D eigenvalue weighted by atomic mass is 10.1. The highest BCUT2D eigenvalue weighted by molar-refractivity contribution is 5.90. The first kappa shape index (κ1) is 20.7. The number of aromatic nitrogens is 5. The Balaban J connectivity index is 1.53. The lowest BCUT2D eigenvalue weighted by molar-refractivity contribution is -0.0641. The lowest BCUT2D eigenvalue weighted by Gasteiger charge is -2.16. The summed E-state index contributed by atoms with van der Waals surface area (Å²) in [6.07, 6.45) is -6.05. The zero-order chi connectivity index (χ0) is 22.1. The monoisotopic (exact) mass is 434 g/mol. The van der Waals surface area contributed by atoms with Crippen molar-refractivity contribution in [3.05, 3.63) is 42.3 Å². The van der Waals surface area contributed by atoms with Gasteiger partial charge in [-0.1, -0.05) is 6.07 Å². The molecule has 31 heavy (non-hydrogen) atoms. The fourth-order valence-corrected chi connectivity index (χ4v) is 3.11. The number of anilines is 1. The van der Waals surface area contributed by atoms with E-state index in [1.807, 2.05) is 6.92 Å². The highest BCUT2D eigenvalue weighted by Gasteiger charge is 2.40. The third-order valence-corrected chi connectivity index (χ3v) is 4.78. The van der Waals surface area contributed by atoms with Gasteiger partial charge in [-0.3, -0.25) is 9.88 Å². The number of aliphatic hydroxyl groups excluding tert-OH is 1. The number of amides is 1. The molecule has 1 saturated heterocycles. The second-order valence-corrected chi connectivity index (χ2v) is 6.76. The molecule has 0 aliphatic carbocycles. The number of rotatable bonds is 6. The Kier molecular flexibility index (Phi) is 5.55. The van der Waals surface area contributed by atoms with Crippen LogP contribution >= 0.6 is 0 Å². The van der Waals surface area contributed by atoms with Crippen LogP contribution in [0.2, 0.25) is 0 Å². The van der Waals surface area contributed by atoms with Gasteiger partial charge < -0.3 is 9.84 Å². The van der Waals surface area contributed by atoms with Crippen molar-refractivity contribution in [2.75, 3.05) is 11.4 Å². The molecule has 4 rings (SSSR count). The van der Waals surface area contributed by atoms with E-state index in [2.05, 4.69) is 20.4 Å². The molecule has 1 amide bonds. The maximum atomic E-state index is 14.8. The number of hydrogen-bond donors (Lipinski definition) is 1. The Hall–Kier alpha value is -3.54. The van der Waals surface area contributed by atoms with Crippen LogP contribution in [0.1, 0.15) is 6.92 Å². The van der Waals surface area contributed by atoms with Gasteiger partial charge >= 0.3 is 6.09 Å². The summed E-state index contributed by atoms with van der Waals surface area (Å²) < 4.78 is 44.9. The Morgan fingerprint density at radius 3 is 2.71 bits per heavy atom. The number of aliphatic hydroxyl groups is 1. The van der Waals surface area contributed by atoms with E-state index < -0.39 is 30.5 Å². The van der Waals surface area contributed by atoms with Gasteiger partial charge in [0.15, 0.2) is 12.2 Å². The number of benzene rings is 1. The van der Waals surface area contributed by atoms with Crippen LogP contribution in [0.5, 0.6) is 0 Å². The molecule has 0 saturated carbocycles. The van der Waals surface area contributed by atoms with Crippen LogP contribution in [0.15, 0.2) is 36.5 Å². The number of alkyl halides is 2. The fourth-order valence-electron chi connectivity index (χ4n) is 3.11. The van der Waals surface area contributed by atoms with E-state index >= 15 is 0 Å². The summed E-state index contributed by atoms with van der Waals surface area (Å²) in [5.41, 5.74) is 1.31. The Morgan fingerprint density at radius 1 is 1.29 bits per heavy atom. The van der Waals surface area contributed by atoms with Crippen molar-refractivity contribution in [3.8, 4) is 22.6 Å². The molecule has 3 aromatic rings. The van der Waals surface area contributed by atoms with Crippen LogP contribution in [-0.2, 0) is 11.3 Å². The molecule has 1 aliphatic heterocycles. The van der Waals surface area contributed by atoms with Crippen molar-refractivity contribution in [1.82, 2.24) is 25.2 Å². The second-order valence-electron chi connectivity index (χ2n) is 6.76. The van der Waals surface area contributed by atoms with Crippen molar-refractivity contribution in [1.29, 1.82) is 0 Å². The largest absolute Gasteiger partial charge is 0.441 e. The average Bonchev–Trinajstić information content (AvgIpc) is 3.40. The van der Waals surface area contributed by atoms with E-state index in [9.17, 15) is 23.1 Å². The van der Waals surface area contributed by atoms with Crippen LogP contribution in [0.4, 0.5) is 23.7 Å². The molecule has 3 heterocycles. The molecule has 9 nitrogen and oxygen atoms in total. The van der Waals surface area contributed by atoms with Gasteiger partial charge in [0.05, 0.1) is 18.8 Å². The molecule has 2 aromatic heterocycles.